The lowest BCUT2D eigenvalue weighted by Crippen LogP contribution is -2.23. The number of carbonyl (C=O) groups is 1. The van der Waals surface area contributed by atoms with Crippen LogP contribution in [0.15, 0.2) is 18.3 Å². The summed E-state index contributed by atoms with van der Waals surface area (Å²) < 4.78 is 5.16. The van der Waals surface area contributed by atoms with Gasteiger partial charge in [-0.1, -0.05) is 0 Å². The smallest absolute Gasteiger partial charge is 0.335 e. The van der Waals surface area contributed by atoms with Gasteiger partial charge in [0, 0.05) is 18.3 Å². The van der Waals surface area contributed by atoms with Crippen molar-refractivity contribution in [3.63, 3.8) is 0 Å². The van der Waals surface area contributed by atoms with Gasteiger partial charge in [0.05, 0.1) is 5.56 Å². The number of nitrogens with zero attached hydrogens (tertiary/aromatic N) is 1. The standard InChI is InChI=1S/C9H12N2O3/c1-6(10)5-14-8-4-7(9(12)13)2-3-11-8/h2-4,6H,5,10H2,1H3,(H,12,13). The third-order valence-corrected chi connectivity index (χ3v) is 1.48. The molecule has 0 spiro atoms. The molecule has 1 atom stereocenters. The summed E-state index contributed by atoms with van der Waals surface area (Å²) in [7, 11) is 0. The molecular formula is C9H12N2O3. The van der Waals surface area contributed by atoms with E-state index in [4.69, 9.17) is 15.6 Å². The van der Waals surface area contributed by atoms with Crippen LogP contribution in [0.3, 0.4) is 0 Å². The molecule has 0 aliphatic carbocycles. The Hall–Kier alpha value is -1.62. The summed E-state index contributed by atoms with van der Waals surface area (Å²) in [6.45, 7) is 2.11. The molecule has 76 valence electrons. The van der Waals surface area contributed by atoms with Crippen LogP contribution in [0.5, 0.6) is 5.88 Å². The highest BCUT2D eigenvalue weighted by Crippen LogP contribution is 2.09. The fourth-order valence-electron chi connectivity index (χ4n) is 0.838. The van der Waals surface area contributed by atoms with Gasteiger partial charge in [-0.25, -0.2) is 9.78 Å². The Bertz CT molecular complexity index is 326. The molecule has 0 aliphatic rings. The molecule has 0 amide bonds. The number of pyridine rings is 1. The van der Waals surface area contributed by atoms with Gasteiger partial charge >= 0.3 is 5.97 Å². The maximum Gasteiger partial charge on any atom is 0.335 e. The van der Waals surface area contributed by atoms with Gasteiger partial charge in [-0.05, 0) is 13.0 Å². The topological polar surface area (TPSA) is 85.4 Å². The third kappa shape index (κ3) is 3.02. The van der Waals surface area contributed by atoms with E-state index in [1.165, 1.54) is 18.3 Å². The second kappa shape index (κ2) is 4.57. The normalized spacial score (nSPS) is 12.1. The monoisotopic (exact) mass is 196 g/mol. The first-order chi connectivity index (χ1) is 6.59. The number of aromatic nitrogens is 1. The highest BCUT2D eigenvalue weighted by molar-refractivity contribution is 5.87. The van der Waals surface area contributed by atoms with Crippen LogP contribution in [0.25, 0.3) is 0 Å². The van der Waals surface area contributed by atoms with Crippen molar-refractivity contribution in [3.8, 4) is 5.88 Å². The number of hydrogen-bond acceptors (Lipinski definition) is 4. The molecule has 0 saturated heterocycles. The minimum Gasteiger partial charge on any atom is -0.478 e. The minimum atomic E-state index is -1.00. The number of aromatic carboxylic acids is 1. The van der Waals surface area contributed by atoms with Crippen molar-refractivity contribution in [3.05, 3.63) is 23.9 Å². The van der Waals surface area contributed by atoms with Crippen LogP contribution in [0.4, 0.5) is 0 Å². The summed E-state index contributed by atoms with van der Waals surface area (Å²) in [6.07, 6.45) is 1.39. The Morgan fingerprint density at radius 2 is 2.50 bits per heavy atom. The minimum absolute atomic E-state index is 0.106. The first kappa shape index (κ1) is 10.5. The first-order valence-electron chi connectivity index (χ1n) is 4.17. The van der Waals surface area contributed by atoms with E-state index in [2.05, 4.69) is 4.98 Å². The molecule has 14 heavy (non-hydrogen) atoms. The van der Waals surface area contributed by atoms with Gasteiger partial charge < -0.3 is 15.6 Å². The molecule has 0 radical (unpaired) electrons. The molecule has 0 saturated carbocycles. The van der Waals surface area contributed by atoms with E-state index < -0.39 is 5.97 Å². The molecule has 1 heterocycles. The van der Waals surface area contributed by atoms with Crippen LogP contribution in [0.1, 0.15) is 17.3 Å². The van der Waals surface area contributed by atoms with Gasteiger partial charge in [0.1, 0.15) is 6.61 Å². The van der Waals surface area contributed by atoms with Crippen molar-refractivity contribution in [2.45, 2.75) is 13.0 Å². The summed E-state index contributed by atoms with van der Waals surface area (Å²) >= 11 is 0. The lowest BCUT2D eigenvalue weighted by molar-refractivity contribution is 0.0696. The molecule has 3 N–H and O–H groups in total. The van der Waals surface area contributed by atoms with Crippen molar-refractivity contribution >= 4 is 5.97 Å². The van der Waals surface area contributed by atoms with Gasteiger partial charge in [-0.3, -0.25) is 0 Å². The van der Waals surface area contributed by atoms with Crippen LogP contribution in [-0.2, 0) is 0 Å². The van der Waals surface area contributed by atoms with Crippen molar-refractivity contribution in [1.82, 2.24) is 4.98 Å². The molecule has 5 nitrogen and oxygen atoms in total. The van der Waals surface area contributed by atoms with Gasteiger partial charge in [0.2, 0.25) is 5.88 Å². The van der Waals surface area contributed by atoms with E-state index in [9.17, 15) is 4.79 Å². The molecule has 0 fully saturated rings. The summed E-state index contributed by atoms with van der Waals surface area (Å²) in [5.74, 6) is -0.722. The number of carboxylic acids is 1. The highest BCUT2D eigenvalue weighted by atomic mass is 16.5. The van der Waals surface area contributed by atoms with Gasteiger partial charge in [0.25, 0.3) is 0 Å². The van der Waals surface area contributed by atoms with Crippen LogP contribution in [0, 0.1) is 0 Å². The zero-order valence-corrected chi connectivity index (χ0v) is 7.80. The average molecular weight is 196 g/mol. The predicted molar refractivity (Wildman–Crippen MR) is 50.3 cm³/mol. The van der Waals surface area contributed by atoms with E-state index in [1.54, 1.807) is 6.92 Å². The van der Waals surface area contributed by atoms with Crippen LogP contribution >= 0.6 is 0 Å². The fourth-order valence-corrected chi connectivity index (χ4v) is 0.838. The number of carboxylic acid groups (broad SMARTS) is 1. The van der Waals surface area contributed by atoms with E-state index >= 15 is 0 Å². The molecule has 1 rings (SSSR count). The predicted octanol–water partition coefficient (Wildman–Crippen LogP) is 0.506. The second-order valence-corrected chi connectivity index (χ2v) is 2.98. The number of nitrogens with two attached hydrogens (primary N) is 1. The van der Waals surface area contributed by atoms with Crippen LogP contribution < -0.4 is 10.5 Å². The lowest BCUT2D eigenvalue weighted by atomic mass is 10.3. The molecule has 1 aromatic rings. The van der Waals surface area contributed by atoms with Gasteiger partial charge in [-0.15, -0.1) is 0 Å². The number of rotatable bonds is 4. The largest absolute Gasteiger partial charge is 0.478 e. The molecule has 0 aliphatic heterocycles. The Labute approximate surface area is 81.5 Å². The molecule has 1 aromatic heterocycles. The van der Waals surface area contributed by atoms with E-state index in [0.717, 1.165) is 0 Å². The van der Waals surface area contributed by atoms with E-state index in [0.29, 0.717) is 6.61 Å². The van der Waals surface area contributed by atoms with Gasteiger partial charge in [-0.2, -0.15) is 0 Å². The maximum absolute atomic E-state index is 10.6. The van der Waals surface area contributed by atoms with Gasteiger partial charge in [0.15, 0.2) is 0 Å². The zero-order chi connectivity index (χ0) is 10.6. The van der Waals surface area contributed by atoms with Crippen molar-refractivity contribution < 1.29 is 14.6 Å². The number of ether oxygens (including phenoxy) is 1. The first-order valence-corrected chi connectivity index (χ1v) is 4.17. The molecule has 5 heteroatoms. The Balaban J connectivity index is 2.69. The van der Waals surface area contributed by atoms with E-state index in [-0.39, 0.29) is 17.5 Å². The highest BCUT2D eigenvalue weighted by Gasteiger charge is 2.05. The Morgan fingerprint density at radius 3 is 3.07 bits per heavy atom. The quantitative estimate of drug-likeness (QED) is 0.732. The van der Waals surface area contributed by atoms with Crippen molar-refractivity contribution in [1.29, 1.82) is 0 Å². The SMILES string of the molecule is CC(N)COc1cc(C(=O)O)ccn1. The summed E-state index contributed by atoms with van der Waals surface area (Å²) in [4.78, 5) is 14.4. The lowest BCUT2D eigenvalue weighted by Gasteiger charge is -2.07. The van der Waals surface area contributed by atoms with Crippen molar-refractivity contribution in [2.24, 2.45) is 5.73 Å². The van der Waals surface area contributed by atoms with E-state index in [1.807, 2.05) is 0 Å². The summed E-state index contributed by atoms with van der Waals surface area (Å²) in [6, 6.07) is 2.66. The molecule has 0 bridgehead atoms. The third-order valence-electron chi connectivity index (χ3n) is 1.48. The molecule has 0 aromatic carbocycles. The Morgan fingerprint density at radius 1 is 1.79 bits per heavy atom. The van der Waals surface area contributed by atoms with Crippen molar-refractivity contribution in [2.75, 3.05) is 6.61 Å². The van der Waals surface area contributed by atoms with Crippen LogP contribution in [-0.4, -0.2) is 28.7 Å². The maximum atomic E-state index is 10.6. The Kier molecular flexibility index (Phi) is 3.41. The molecule has 1 unspecified atom stereocenters. The summed E-state index contributed by atoms with van der Waals surface area (Å²) in [5.41, 5.74) is 5.62. The molecular weight excluding hydrogens is 184 g/mol. The second-order valence-electron chi connectivity index (χ2n) is 2.98. The summed E-state index contributed by atoms with van der Waals surface area (Å²) in [5, 5.41) is 8.68. The van der Waals surface area contributed by atoms with Crippen LogP contribution in [0.2, 0.25) is 0 Å². The fraction of sp³-hybridized carbons (Fsp3) is 0.333. The average Bonchev–Trinajstić information content (AvgIpc) is 2.15. The number of hydrogen-bond donors (Lipinski definition) is 2. The zero-order valence-electron chi connectivity index (χ0n) is 7.80.